The van der Waals surface area contributed by atoms with E-state index in [-0.39, 0.29) is 0 Å². The zero-order valence-electron chi connectivity index (χ0n) is 9.64. The van der Waals surface area contributed by atoms with Gasteiger partial charge in [0.1, 0.15) is 0 Å². The Labute approximate surface area is 79.2 Å². The van der Waals surface area contributed by atoms with Gasteiger partial charge in [-0.15, -0.1) is 0 Å². The van der Waals surface area contributed by atoms with E-state index in [9.17, 15) is 9.59 Å². The molecule has 1 aromatic carbocycles. The van der Waals surface area contributed by atoms with Crippen LogP contribution < -0.4 is 0 Å². The van der Waals surface area contributed by atoms with Gasteiger partial charge in [0.05, 0.1) is 5.48 Å². The fraction of sp³-hybridized carbons (Fsp3) is 0. The van der Waals surface area contributed by atoms with Gasteiger partial charge < -0.3 is 5.11 Å². The standard InChI is InChI=1S/C8H5ClO3/c9-6-3-1-5(2-4-6)7(10)8(11)12/h1-4H,(H,11,12)/i1D,2D,3D,4D,7+1,8+1. The van der Waals surface area contributed by atoms with Gasteiger partial charge in [-0.2, -0.15) is 0 Å². The van der Waals surface area contributed by atoms with Crippen LogP contribution in [0.4, 0.5) is 0 Å². The lowest BCUT2D eigenvalue weighted by molar-refractivity contribution is -0.131. The van der Waals surface area contributed by atoms with E-state index in [2.05, 4.69) is 0 Å². The molecule has 0 atom stereocenters. The van der Waals surface area contributed by atoms with Crippen molar-refractivity contribution in [2.45, 2.75) is 0 Å². The Morgan fingerprint density at radius 3 is 2.25 bits per heavy atom. The largest absolute Gasteiger partial charge is 0.475 e. The summed E-state index contributed by atoms with van der Waals surface area (Å²) in [5.74, 6) is -3.34. The minimum atomic E-state index is -1.84. The van der Waals surface area contributed by atoms with Crippen LogP contribution in [0, 0.1) is 0 Å². The molecule has 1 aromatic rings. The molecule has 12 heavy (non-hydrogen) atoms. The normalized spacial score (nSPS) is 14.1. The first-order valence-electron chi connectivity index (χ1n) is 4.82. The molecule has 4 heteroatoms. The number of Topliss-reactive ketones (excluding diaryl/α,β-unsaturated/α-hetero) is 1. The fourth-order valence-corrected chi connectivity index (χ4v) is 0.612. The van der Waals surface area contributed by atoms with E-state index in [0.717, 1.165) is 0 Å². The second-order valence-electron chi connectivity index (χ2n) is 1.82. The second-order valence-corrected chi connectivity index (χ2v) is 2.20. The number of carboxylic acids is 1. The molecular formula is C8H5ClO3. The van der Waals surface area contributed by atoms with Gasteiger partial charge in [0.15, 0.2) is 0 Å². The highest BCUT2D eigenvalue weighted by Gasteiger charge is 2.13. The van der Waals surface area contributed by atoms with E-state index in [4.69, 9.17) is 22.2 Å². The molecule has 0 radical (unpaired) electrons. The van der Waals surface area contributed by atoms with Gasteiger partial charge in [-0.3, -0.25) is 4.79 Å². The lowest BCUT2D eigenvalue weighted by atomic mass is 10.3. The van der Waals surface area contributed by atoms with Gasteiger partial charge in [0, 0.05) is 10.6 Å². The molecule has 0 fully saturated rings. The summed E-state index contributed by atoms with van der Waals surface area (Å²) in [6.45, 7) is 0. The predicted octanol–water partition coefficient (Wildman–Crippen LogP) is 1.61. The summed E-state index contributed by atoms with van der Waals surface area (Å²) in [7, 11) is 0. The molecule has 0 bridgehead atoms. The van der Waals surface area contributed by atoms with Crippen molar-refractivity contribution in [2.75, 3.05) is 0 Å². The van der Waals surface area contributed by atoms with Crippen LogP contribution in [-0.2, 0) is 4.79 Å². The summed E-state index contributed by atoms with van der Waals surface area (Å²) in [4.78, 5) is 21.6. The Kier molecular flexibility index (Phi) is 1.30. The number of hydrogen-bond acceptors (Lipinski definition) is 2. The average Bonchev–Trinajstić information content (AvgIpc) is 2.23. The van der Waals surface area contributed by atoms with Crippen molar-refractivity contribution in [3.63, 3.8) is 0 Å². The number of benzene rings is 1. The highest BCUT2D eigenvalue weighted by Crippen LogP contribution is 2.09. The van der Waals surface area contributed by atoms with Crippen LogP contribution in [0.15, 0.2) is 24.2 Å². The number of ketones is 1. The number of carbonyl (C=O) groups is 2. The van der Waals surface area contributed by atoms with Crippen LogP contribution >= 0.6 is 11.6 Å². The fourth-order valence-electron chi connectivity index (χ4n) is 0.518. The molecule has 0 heterocycles. The minimum absolute atomic E-state index is 0.447. The van der Waals surface area contributed by atoms with Crippen LogP contribution in [0.1, 0.15) is 15.8 Å². The number of carboxylic acid groups (broad SMARTS) is 1. The summed E-state index contributed by atoms with van der Waals surface area (Å²) < 4.78 is 29.3. The Morgan fingerprint density at radius 1 is 1.33 bits per heavy atom. The van der Waals surface area contributed by atoms with Gasteiger partial charge >= 0.3 is 5.97 Å². The van der Waals surface area contributed by atoms with E-state index < -0.39 is 46.5 Å². The third kappa shape index (κ3) is 1.83. The Balaban J connectivity index is 3.64. The average molecular weight is 191 g/mol. The molecule has 0 unspecified atom stereocenters. The lowest BCUT2D eigenvalue weighted by Gasteiger charge is -1.94. The smallest absolute Gasteiger partial charge is 0.377 e. The molecule has 0 aliphatic carbocycles. The zero-order valence-corrected chi connectivity index (χ0v) is 6.40. The first-order chi connectivity index (χ1) is 7.29. The van der Waals surface area contributed by atoms with E-state index in [1.165, 1.54) is 0 Å². The number of halogens is 1. The number of aliphatic carboxylic acids is 1. The molecule has 62 valence electrons. The van der Waals surface area contributed by atoms with Crippen LogP contribution in [0.5, 0.6) is 0 Å². The highest BCUT2D eigenvalue weighted by molar-refractivity contribution is 6.40. The number of carbonyl (C=O) groups excluding carboxylic acids is 1. The Bertz CT molecular complexity index is 472. The summed E-state index contributed by atoms with van der Waals surface area (Å²) in [5.41, 5.74) is -0.785. The van der Waals surface area contributed by atoms with Gasteiger partial charge in [-0.25, -0.2) is 4.79 Å². The first-order valence-corrected chi connectivity index (χ1v) is 3.20. The van der Waals surface area contributed by atoms with E-state index >= 15 is 0 Å². The highest BCUT2D eigenvalue weighted by atomic mass is 35.5. The predicted molar refractivity (Wildman–Crippen MR) is 43.4 cm³/mol. The molecule has 0 aliphatic heterocycles. The molecule has 0 aliphatic rings. The third-order valence-electron chi connectivity index (χ3n) is 1.02. The zero-order chi connectivity index (χ0) is 12.6. The van der Waals surface area contributed by atoms with Gasteiger partial charge in [-0.05, 0) is 24.2 Å². The third-order valence-corrected chi connectivity index (χ3v) is 1.20. The summed E-state index contributed by atoms with van der Waals surface area (Å²) in [6, 6.07) is -2.77. The molecule has 3 nitrogen and oxygen atoms in total. The number of rotatable bonds is 2. The topological polar surface area (TPSA) is 54.4 Å². The van der Waals surface area contributed by atoms with E-state index in [0.29, 0.717) is 0 Å². The molecule has 0 spiro atoms. The maximum atomic E-state index is 11.2. The van der Waals surface area contributed by atoms with Crippen molar-refractivity contribution < 1.29 is 20.2 Å². The van der Waals surface area contributed by atoms with Crippen molar-refractivity contribution in [3.05, 3.63) is 34.8 Å². The quantitative estimate of drug-likeness (QED) is 0.438. The van der Waals surface area contributed by atoms with Crippen molar-refractivity contribution in [1.29, 1.82) is 0 Å². The molecule has 0 saturated carbocycles. The summed E-state index contributed by atoms with van der Waals surface area (Å²) >= 11 is 5.47. The van der Waals surface area contributed by atoms with Gasteiger partial charge in [0.2, 0.25) is 0 Å². The van der Waals surface area contributed by atoms with E-state index in [1.54, 1.807) is 0 Å². The van der Waals surface area contributed by atoms with Crippen molar-refractivity contribution in [3.8, 4) is 0 Å². The molecular weight excluding hydrogens is 182 g/mol. The van der Waals surface area contributed by atoms with Gasteiger partial charge in [0.25, 0.3) is 5.78 Å². The summed E-state index contributed by atoms with van der Waals surface area (Å²) in [5, 5.41) is 8.02. The Hall–Kier alpha value is -1.35. The molecule has 0 saturated heterocycles. The maximum absolute atomic E-state index is 11.2. The van der Waals surface area contributed by atoms with Crippen LogP contribution in [0.2, 0.25) is 5.02 Å². The number of hydrogen-bond donors (Lipinski definition) is 1. The molecule has 0 amide bonds. The SMILES string of the molecule is [2H]c1c([2H])c([13C](=O)[13C](=O)O)c([2H])c([2H])c1Cl. The van der Waals surface area contributed by atoms with Crippen molar-refractivity contribution >= 4 is 23.4 Å². The second kappa shape index (κ2) is 3.36. The molecule has 1 rings (SSSR count). The Morgan fingerprint density at radius 2 is 1.83 bits per heavy atom. The van der Waals surface area contributed by atoms with Crippen LogP contribution in [0.25, 0.3) is 0 Å². The maximum Gasteiger partial charge on any atom is 0.377 e. The van der Waals surface area contributed by atoms with Crippen LogP contribution in [-0.4, -0.2) is 16.9 Å². The molecule has 1 N–H and O–H groups in total. The van der Waals surface area contributed by atoms with E-state index in [1.807, 2.05) is 0 Å². The molecule has 0 aromatic heterocycles. The minimum Gasteiger partial charge on any atom is -0.475 e. The monoisotopic (exact) mass is 190 g/mol. The van der Waals surface area contributed by atoms with Crippen molar-refractivity contribution in [2.24, 2.45) is 0 Å². The van der Waals surface area contributed by atoms with Gasteiger partial charge in [-0.1, -0.05) is 11.6 Å². The van der Waals surface area contributed by atoms with Crippen molar-refractivity contribution in [1.82, 2.24) is 0 Å². The van der Waals surface area contributed by atoms with Crippen LogP contribution in [0.3, 0.4) is 0 Å². The first kappa shape index (κ1) is 4.62. The lowest BCUT2D eigenvalue weighted by Crippen LogP contribution is -2.12. The summed E-state index contributed by atoms with van der Waals surface area (Å²) in [6.07, 6.45) is 0.